The van der Waals surface area contributed by atoms with E-state index in [4.69, 9.17) is 0 Å². The molecule has 0 amide bonds. The summed E-state index contributed by atoms with van der Waals surface area (Å²) in [4.78, 5) is 0. The Morgan fingerprint density at radius 3 is 2.55 bits per heavy atom. The first-order valence-electron chi connectivity index (χ1n) is 4.67. The minimum atomic E-state index is 1.20. The van der Waals surface area contributed by atoms with Gasteiger partial charge in [0.05, 0.1) is 0 Å². The molecule has 0 saturated carbocycles. The molecular weight excluding hydrogens is 132 g/mol. The summed E-state index contributed by atoms with van der Waals surface area (Å²) in [5.74, 6) is 0. The van der Waals surface area contributed by atoms with E-state index in [-0.39, 0.29) is 0 Å². The lowest BCUT2D eigenvalue weighted by atomic mass is 9.93. The van der Waals surface area contributed by atoms with Crippen molar-refractivity contribution in [2.75, 3.05) is 0 Å². The van der Waals surface area contributed by atoms with E-state index in [0.717, 1.165) is 0 Å². The summed E-state index contributed by atoms with van der Waals surface area (Å²) >= 11 is 0. The predicted octanol–water partition coefficient (Wildman–Crippen LogP) is 3.41. The molecule has 0 bridgehead atoms. The zero-order chi connectivity index (χ0) is 7.68. The van der Waals surface area contributed by atoms with E-state index in [1.807, 2.05) is 0 Å². The van der Waals surface area contributed by atoms with Crippen molar-refractivity contribution < 1.29 is 0 Å². The molecule has 11 heavy (non-hydrogen) atoms. The van der Waals surface area contributed by atoms with Crippen LogP contribution in [-0.2, 0) is 0 Å². The monoisotopic (exact) mass is 147 g/mol. The van der Waals surface area contributed by atoms with Gasteiger partial charge in [0.15, 0.2) is 0 Å². The minimum absolute atomic E-state index is 1.20. The third-order valence-electron chi connectivity index (χ3n) is 2.68. The highest BCUT2D eigenvalue weighted by molar-refractivity contribution is 5.48. The lowest BCUT2D eigenvalue weighted by molar-refractivity contribution is 0.693. The highest BCUT2D eigenvalue weighted by Gasteiger charge is 2.17. The molecule has 0 aromatic heterocycles. The van der Waals surface area contributed by atoms with Gasteiger partial charge in [0.25, 0.3) is 0 Å². The fourth-order valence-electron chi connectivity index (χ4n) is 1.98. The quantitative estimate of drug-likeness (QED) is 0.533. The van der Waals surface area contributed by atoms with Crippen LogP contribution in [0.4, 0.5) is 0 Å². The standard InChI is InChI=1S/C11H15/c1-2-9-7-10-5-3-4-6-11(10)8-9/h7-8H,2-6H2,1H3. The Hall–Kier alpha value is -0.520. The van der Waals surface area contributed by atoms with Crippen molar-refractivity contribution in [1.82, 2.24) is 0 Å². The second-order valence-electron chi connectivity index (χ2n) is 3.47. The van der Waals surface area contributed by atoms with Crippen LogP contribution in [0.2, 0.25) is 0 Å². The summed E-state index contributed by atoms with van der Waals surface area (Å²) in [6.07, 6.45) is 11.5. The summed E-state index contributed by atoms with van der Waals surface area (Å²) < 4.78 is 0. The molecule has 0 nitrogen and oxygen atoms in total. The van der Waals surface area contributed by atoms with Crippen LogP contribution < -0.4 is 0 Å². The van der Waals surface area contributed by atoms with E-state index in [2.05, 4.69) is 19.4 Å². The largest absolute Gasteiger partial charge is 0.0621 e. The molecule has 0 aromatic carbocycles. The molecule has 1 radical (unpaired) electrons. The Kier molecular flexibility index (Phi) is 1.85. The van der Waals surface area contributed by atoms with Crippen LogP contribution in [-0.4, -0.2) is 0 Å². The third-order valence-corrected chi connectivity index (χ3v) is 2.68. The first-order chi connectivity index (χ1) is 5.40. The van der Waals surface area contributed by atoms with Gasteiger partial charge < -0.3 is 0 Å². The van der Waals surface area contributed by atoms with Gasteiger partial charge in [0.2, 0.25) is 0 Å². The summed E-state index contributed by atoms with van der Waals surface area (Å²) in [5.41, 5.74) is 4.80. The van der Waals surface area contributed by atoms with Gasteiger partial charge in [-0.15, -0.1) is 0 Å². The van der Waals surface area contributed by atoms with Crippen LogP contribution in [0.1, 0.15) is 39.0 Å². The molecule has 0 aliphatic heterocycles. The molecule has 0 heterocycles. The van der Waals surface area contributed by atoms with E-state index in [1.54, 1.807) is 11.1 Å². The Balaban J connectivity index is 2.14. The van der Waals surface area contributed by atoms with Gasteiger partial charge in [-0.25, -0.2) is 0 Å². The van der Waals surface area contributed by atoms with Crippen LogP contribution in [0.3, 0.4) is 0 Å². The third kappa shape index (κ3) is 1.26. The zero-order valence-corrected chi connectivity index (χ0v) is 7.19. The molecule has 0 spiro atoms. The molecule has 0 fully saturated rings. The maximum absolute atomic E-state index is 2.40. The second-order valence-corrected chi connectivity index (χ2v) is 3.47. The number of hydrogen-bond donors (Lipinski definition) is 0. The lowest BCUT2D eigenvalue weighted by Crippen LogP contribution is -1.93. The van der Waals surface area contributed by atoms with E-state index in [9.17, 15) is 0 Å². The molecular formula is C11H15. The summed E-state index contributed by atoms with van der Waals surface area (Å²) in [7, 11) is 0. The van der Waals surface area contributed by atoms with Crippen molar-refractivity contribution in [1.29, 1.82) is 0 Å². The van der Waals surface area contributed by atoms with Crippen molar-refractivity contribution in [3.05, 3.63) is 29.2 Å². The fraction of sp³-hybridized carbons (Fsp3) is 0.545. The molecule has 2 aliphatic carbocycles. The van der Waals surface area contributed by atoms with Gasteiger partial charge in [0.1, 0.15) is 0 Å². The molecule has 59 valence electrons. The molecule has 2 aliphatic rings. The minimum Gasteiger partial charge on any atom is -0.0621 e. The molecule has 0 unspecified atom stereocenters. The van der Waals surface area contributed by atoms with Crippen molar-refractivity contribution in [3.63, 3.8) is 0 Å². The van der Waals surface area contributed by atoms with Crippen LogP contribution in [0.15, 0.2) is 22.8 Å². The van der Waals surface area contributed by atoms with Crippen LogP contribution in [0.5, 0.6) is 0 Å². The molecule has 0 N–H and O–H groups in total. The number of hydrogen-bond acceptors (Lipinski definition) is 0. The SMILES string of the molecule is CCC1=CC2=C([CH]1)CCCC2. The topological polar surface area (TPSA) is 0 Å². The highest BCUT2D eigenvalue weighted by Crippen LogP contribution is 2.35. The average molecular weight is 147 g/mol. The molecule has 2 rings (SSSR count). The van der Waals surface area contributed by atoms with E-state index < -0.39 is 0 Å². The molecule has 0 heteroatoms. The predicted molar refractivity (Wildman–Crippen MR) is 48.2 cm³/mol. The van der Waals surface area contributed by atoms with Crippen LogP contribution in [0, 0.1) is 6.42 Å². The van der Waals surface area contributed by atoms with Crippen molar-refractivity contribution in [2.24, 2.45) is 0 Å². The fourth-order valence-corrected chi connectivity index (χ4v) is 1.98. The van der Waals surface area contributed by atoms with E-state index in [0.29, 0.717) is 0 Å². The van der Waals surface area contributed by atoms with Crippen molar-refractivity contribution in [2.45, 2.75) is 39.0 Å². The Morgan fingerprint density at radius 1 is 1.18 bits per heavy atom. The Bertz CT molecular complexity index is 218. The average Bonchev–Trinajstić information content (AvgIpc) is 2.46. The first kappa shape index (κ1) is 7.15. The van der Waals surface area contributed by atoms with Crippen LogP contribution in [0.25, 0.3) is 0 Å². The van der Waals surface area contributed by atoms with Gasteiger partial charge in [-0.1, -0.05) is 24.1 Å². The summed E-state index contributed by atoms with van der Waals surface area (Å²) in [5, 5.41) is 0. The summed E-state index contributed by atoms with van der Waals surface area (Å²) in [6, 6.07) is 0. The molecule has 0 saturated heterocycles. The lowest BCUT2D eigenvalue weighted by Gasteiger charge is -2.12. The molecule has 0 atom stereocenters. The van der Waals surface area contributed by atoms with Gasteiger partial charge in [-0.3, -0.25) is 0 Å². The number of allylic oxidation sites excluding steroid dienone is 4. The van der Waals surface area contributed by atoms with Gasteiger partial charge in [-0.2, -0.15) is 0 Å². The van der Waals surface area contributed by atoms with E-state index >= 15 is 0 Å². The smallest absolute Gasteiger partial charge is 0.0119 e. The Morgan fingerprint density at radius 2 is 1.91 bits per heavy atom. The van der Waals surface area contributed by atoms with Crippen molar-refractivity contribution in [3.8, 4) is 0 Å². The van der Waals surface area contributed by atoms with E-state index in [1.165, 1.54) is 37.7 Å². The summed E-state index contributed by atoms with van der Waals surface area (Å²) in [6.45, 7) is 2.24. The van der Waals surface area contributed by atoms with Crippen LogP contribution >= 0.6 is 0 Å². The van der Waals surface area contributed by atoms with Gasteiger partial charge in [0, 0.05) is 6.42 Å². The maximum Gasteiger partial charge on any atom is 0.0119 e. The number of rotatable bonds is 1. The van der Waals surface area contributed by atoms with Gasteiger partial charge in [-0.05, 0) is 37.7 Å². The van der Waals surface area contributed by atoms with Crippen molar-refractivity contribution >= 4 is 0 Å². The Labute approximate surface area is 69.0 Å². The molecule has 0 aromatic rings. The zero-order valence-electron chi connectivity index (χ0n) is 7.19. The second kappa shape index (κ2) is 2.84. The van der Waals surface area contributed by atoms with Gasteiger partial charge >= 0.3 is 0 Å². The normalized spacial score (nSPS) is 23.5. The maximum atomic E-state index is 2.40. The highest BCUT2D eigenvalue weighted by atomic mass is 14.2. The first-order valence-corrected chi connectivity index (χ1v) is 4.67.